The van der Waals surface area contributed by atoms with Crippen molar-refractivity contribution in [1.82, 2.24) is 25.2 Å². The Hall–Kier alpha value is -2.42. The van der Waals surface area contributed by atoms with Gasteiger partial charge in [-0.2, -0.15) is 0 Å². The molecule has 2 aromatic rings. The van der Waals surface area contributed by atoms with Gasteiger partial charge in [-0.15, -0.1) is 5.10 Å². The van der Waals surface area contributed by atoms with Crippen LogP contribution in [0.5, 0.6) is 0 Å². The Morgan fingerprint density at radius 1 is 1.30 bits per heavy atom. The maximum Gasteiger partial charge on any atom is 0.405 e. The number of hydrogen-bond acceptors (Lipinski definition) is 4. The Kier molecular flexibility index (Phi) is 5.79. The molecule has 2 amide bonds. The highest BCUT2D eigenvalue weighted by atomic mass is 79.9. The van der Waals surface area contributed by atoms with Gasteiger partial charge in [-0.1, -0.05) is 35.0 Å². The summed E-state index contributed by atoms with van der Waals surface area (Å²) in [5, 5.41) is 19.8. The normalized spacial score (nSPS) is 17.9. The van der Waals surface area contributed by atoms with Gasteiger partial charge in [-0.3, -0.25) is 4.79 Å². The third kappa shape index (κ3) is 4.29. The molecule has 1 aliphatic rings. The first kappa shape index (κ1) is 19.3. The predicted molar refractivity (Wildman–Crippen MR) is 103 cm³/mol. The van der Waals surface area contributed by atoms with E-state index in [0.717, 1.165) is 23.0 Å². The van der Waals surface area contributed by atoms with Crippen LogP contribution in [0.2, 0.25) is 0 Å². The number of nitrogens with one attached hydrogen (secondary N) is 1. The average molecular weight is 436 g/mol. The highest BCUT2D eigenvalue weighted by molar-refractivity contribution is 9.10. The van der Waals surface area contributed by atoms with Gasteiger partial charge in [0, 0.05) is 11.0 Å². The molecular formula is C18H22BrN5O3. The quantitative estimate of drug-likeness (QED) is 0.751. The molecule has 0 bridgehead atoms. The standard InChI is InChI=1S/C18H22BrN5O3/c1-11(2)16(20-18(26)27)17(25)23-9-3-4-15(23)14-10-24(22-21-14)13-7-5-12(19)6-8-13/h5-8,10-11,15-16,20H,3-4,9H2,1-2H3,(H,26,27)/t15-,16-/m0/s1. The highest BCUT2D eigenvalue weighted by Gasteiger charge is 2.37. The van der Waals surface area contributed by atoms with E-state index in [1.54, 1.807) is 9.58 Å². The number of carbonyl (C=O) groups is 2. The van der Waals surface area contributed by atoms with E-state index < -0.39 is 12.1 Å². The fourth-order valence-electron chi connectivity index (χ4n) is 3.31. The highest BCUT2D eigenvalue weighted by Crippen LogP contribution is 2.32. The van der Waals surface area contributed by atoms with Crippen LogP contribution in [0.25, 0.3) is 5.69 Å². The first-order chi connectivity index (χ1) is 12.9. The molecule has 0 saturated carbocycles. The fourth-order valence-corrected chi connectivity index (χ4v) is 3.58. The van der Waals surface area contributed by atoms with Crippen LogP contribution < -0.4 is 5.32 Å². The van der Waals surface area contributed by atoms with Crippen molar-refractivity contribution in [3.63, 3.8) is 0 Å². The summed E-state index contributed by atoms with van der Waals surface area (Å²) < 4.78 is 2.66. The lowest BCUT2D eigenvalue weighted by Gasteiger charge is -2.29. The molecule has 3 rings (SSSR count). The van der Waals surface area contributed by atoms with Crippen molar-refractivity contribution in [2.75, 3.05) is 6.54 Å². The van der Waals surface area contributed by atoms with Crippen molar-refractivity contribution in [3.05, 3.63) is 40.6 Å². The molecule has 9 heteroatoms. The molecule has 2 N–H and O–H groups in total. The van der Waals surface area contributed by atoms with Crippen LogP contribution in [-0.2, 0) is 4.79 Å². The zero-order valence-corrected chi connectivity index (χ0v) is 16.8. The lowest BCUT2D eigenvalue weighted by atomic mass is 10.0. The summed E-state index contributed by atoms with van der Waals surface area (Å²) >= 11 is 3.41. The van der Waals surface area contributed by atoms with Crippen LogP contribution in [0.3, 0.4) is 0 Å². The van der Waals surface area contributed by atoms with Crippen LogP contribution in [0.15, 0.2) is 34.9 Å². The molecule has 1 aromatic heterocycles. The fraction of sp³-hybridized carbons (Fsp3) is 0.444. The minimum Gasteiger partial charge on any atom is -0.465 e. The van der Waals surface area contributed by atoms with Gasteiger partial charge in [0.25, 0.3) is 0 Å². The summed E-state index contributed by atoms with van der Waals surface area (Å²) in [5.74, 6) is -0.360. The van der Waals surface area contributed by atoms with Gasteiger partial charge in [-0.05, 0) is 43.0 Å². The molecule has 2 atom stereocenters. The number of halogens is 1. The van der Waals surface area contributed by atoms with E-state index in [1.165, 1.54) is 0 Å². The van der Waals surface area contributed by atoms with Gasteiger partial charge in [-0.25, -0.2) is 9.48 Å². The van der Waals surface area contributed by atoms with Crippen LogP contribution in [-0.4, -0.2) is 49.6 Å². The third-order valence-corrected chi connectivity index (χ3v) is 5.22. The molecule has 0 unspecified atom stereocenters. The van der Waals surface area contributed by atoms with Gasteiger partial charge < -0.3 is 15.3 Å². The van der Waals surface area contributed by atoms with E-state index in [1.807, 2.05) is 44.3 Å². The van der Waals surface area contributed by atoms with E-state index in [9.17, 15) is 9.59 Å². The Balaban J connectivity index is 1.81. The number of aromatic nitrogens is 3. The van der Waals surface area contributed by atoms with E-state index in [0.29, 0.717) is 12.2 Å². The number of amides is 2. The van der Waals surface area contributed by atoms with Crippen molar-refractivity contribution in [1.29, 1.82) is 0 Å². The Labute approximate surface area is 165 Å². The van der Waals surface area contributed by atoms with Gasteiger partial charge >= 0.3 is 6.09 Å². The number of hydrogen-bond donors (Lipinski definition) is 2. The Morgan fingerprint density at radius 2 is 2.00 bits per heavy atom. The molecule has 0 aliphatic carbocycles. The van der Waals surface area contributed by atoms with Crippen LogP contribution in [0.1, 0.15) is 38.4 Å². The Bertz CT molecular complexity index is 821. The second-order valence-corrected chi connectivity index (χ2v) is 7.84. The molecule has 144 valence electrons. The monoisotopic (exact) mass is 435 g/mol. The number of carbonyl (C=O) groups excluding carboxylic acids is 1. The lowest BCUT2D eigenvalue weighted by Crippen LogP contribution is -2.50. The van der Waals surface area contributed by atoms with E-state index in [-0.39, 0.29) is 17.9 Å². The lowest BCUT2D eigenvalue weighted by molar-refractivity contribution is -0.135. The molecule has 1 fully saturated rings. The number of benzene rings is 1. The summed E-state index contributed by atoms with van der Waals surface area (Å²) in [4.78, 5) is 25.7. The molecule has 0 spiro atoms. The molecule has 1 aromatic carbocycles. The molecule has 27 heavy (non-hydrogen) atoms. The number of likely N-dealkylation sites (tertiary alicyclic amines) is 1. The van der Waals surface area contributed by atoms with E-state index >= 15 is 0 Å². The second-order valence-electron chi connectivity index (χ2n) is 6.93. The van der Waals surface area contributed by atoms with Crippen molar-refractivity contribution in [2.45, 2.75) is 38.8 Å². The van der Waals surface area contributed by atoms with Crippen LogP contribution in [0.4, 0.5) is 4.79 Å². The van der Waals surface area contributed by atoms with Crippen molar-refractivity contribution < 1.29 is 14.7 Å². The maximum absolute atomic E-state index is 13.0. The third-order valence-electron chi connectivity index (χ3n) is 4.69. The topological polar surface area (TPSA) is 100 Å². The maximum atomic E-state index is 13.0. The van der Waals surface area contributed by atoms with Gasteiger partial charge in [0.2, 0.25) is 5.91 Å². The average Bonchev–Trinajstić information content (AvgIpc) is 3.28. The van der Waals surface area contributed by atoms with Crippen molar-refractivity contribution >= 4 is 27.9 Å². The minimum atomic E-state index is -1.20. The Morgan fingerprint density at radius 3 is 2.63 bits per heavy atom. The largest absolute Gasteiger partial charge is 0.465 e. The van der Waals surface area contributed by atoms with Gasteiger partial charge in [0.1, 0.15) is 11.7 Å². The molecule has 0 radical (unpaired) electrons. The zero-order valence-electron chi connectivity index (χ0n) is 15.2. The van der Waals surface area contributed by atoms with E-state index in [2.05, 4.69) is 31.6 Å². The summed E-state index contributed by atoms with van der Waals surface area (Å²) in [7, 11) is 0. The zero-order chi connectivity index (χ0) is 19.6. The molecule has 1 saturated heterocycles. The van der Waals surface area contributed by atoms with Crippen molar-refractivity contribution in [2.24, 2.45) is 5.92 Å². The van der Waals surface area contributed by atoms with Crippen molar-refractivity contribution in [3.8, 4) is 5.69 Å². The summed E-state index contributed by atoms with van der Waals surface area (Å²) in [6.45, 7) is 4.24. The molecule has 1 aliphatic heterocycles. The van der Waals surface area contributed by atoms with Gasteiger partial charge in [0.05, 0.1) is 17.9 Å². The first-order valence-corrected chi connectivity index (χ1v) is 9.64. The number of carboxylic acid groups (broad SMARTS) is 1. The summed E-state index contributed by atoms with van der Waals surface area (Å²) in [6.07, 6.45) is 2.26. The molecular weight excluding hydrogens is 414 g/mol. The summed E-state index contributed by atoms with van der Waals surface area (Å²) in [6, 6.07) is 6.72. The predicted octanol–water partition coefficient (Wildman–Crippen LogP) is 2.99. The van der Waals surface area contributed by atoms with Crippen LogP contribution >= 0.6 is 15.9 Å². The molecule has 8 nitrogen and oxygen atoms in total. The second kappa shape index (κ2) is 8.08. The van der Waals surface area contributed by atoms with Crippen LogP contribution in [0, 0.1) is 5.92 Å². The minimum absolute atomic E-state index is 0.145. The van der Waals surface area contributed by atoms with E-state index in [4.69, 9.17) is 5.11 Å². The number of nitrogens with zero attached hydrogens (tertiary/aromatic N) is 4. The summed E-state index contributed by atoms with van der Waals surface area (Å²) in [5.41, 5.74) is 1.59. The number of rotatable bonds is 5. The SMILES string of the molecule is CC(C)[C@H](NC(=O)O)C(=O)N1CCC[C@H]1c1cn(-c2ccc(Br)cc2)nn1. The smallest absolute Gasteiger partial charge is 0.405 e. The first-order valence-electron chi connectivity index (χ1n) is 8.85. The van der Waals surface area contributed by atoms with Gasteiger partial charge in [0.15, 0.2) is 0 Å². The molecule has 2 heterocycles.